The first kappa shape index (κ1) is 28.4. The number of oxime groups is 1. The van der Waals surface area contributed by atoms with E-state index in [0.29, 0.717) is 53.0 Å². The standard InChI is InChI=1S/C30H26F2N4O6/c1-30(29(41)34-23-15-19(32)9-13-25(23)37)16-24(35-42-30)17-6-12-21-22(14-17)33-26(4-2-3-5-27(38)39)36(28(21)40)20-10-7-18(31)8-11-20/h6-15,37H,2-5,16H2,1H3,(H,34,41)(H,38,39). The van der Waals surface area contributed by atoms with Gasteiger partial charge in [-0.15, -0.1) is 0 Å². The van der Waals surface area contributed by atoms with Crippen LogP contribution in [0.2, 0.25) is 0 Å². The minimum absolute atomic E-state index is 0.0243. The van der Waals surface area contributed by atoms with Crippen LogP contribution in [0.5, 0.6) is 5.75 Å². The number of aromatic nitrogens is 2. The lowest BCUT2D eigenvalue weighted by atomic mass is 9.94. The van der Waals surface area contributed by atoms with Gasteiger partial charge in [0.2, 0.25) is 5.60 Å². The topological polar surface area (TPSA) is 143 Å². The lowest BCUT2D eigenvalue weighted by Gasteiger charge is -2.20. The number of carboxylic acid groups (broad SMARTS) is 1. The number of hydrogen-bond acceptors (Lipinski definition) is 7. The zero-order valence-electron chi connectivity index (χ0n) is 22.4. The Hall–Kier alpha value is -5.13. The molecule has 4 aromatic rings. The maximum Gasteiger partial charge on any atom is 0.303 e. The van der Waals surface area contributed by atoms with Crippen LogP contribution in [0.4, 0.5) is 14.5 Å². The molecule has 12 heteroatoms. The fourth-order valence-corrected chi connectivity index (χ4v) is 4.67. The van der Waals surface area contributed by atoms with Crippen LogP contribution in [0, 0.1) is 11.6 Å². The number of aliphatic carboxylic acids is 1. The summed E-state index contributed by atoms with van der Waals surface area (Å²) in [6.45, 7) is 1.51. The summed E-state index contributed by atoms with van der Waals surface area (Å²) in [4.78, 5) is 47.7. The van der Waals surface area contributed by atoms with Crippen molar-refractivity contribution in [3.05, 3.63) is 94.0 Å². The van der Waals surface area contributed by atoms with Crippen LogP contribution < -0.4 is 10.9 Å². The minimum atomic E-state index is -1.46. The molecule has 3 aromatic carbocycles. The number of rotatable bonds is 9. The summed E-state index contributed by atoms with van der Waals surface area (Å²) in [5.74, 6) is -2.59. The maximum atomic E-state index is 13.6. The van der Waals surface area contributed by atoms with E-state index in [1.54, 1.807) is 18.2 Å². The van der Waals surface area contributed by atoms with E-state index in [9.17, 15) is 28.3 Å². The number of phenols is 1. The fourth-order valence-electron chi connectivity index (χ4n) is 4.67. The number of anilines is 1. The number of amides is 1. The van der Waals surface area contributed by atoms with Gasteiger partial charge in [0.15, 0.2) is 0 Å². The number of nitrogens with one attached hydrogen (secondary N) is 1. The van der Waals surface area contributed by atoms with E-state index in [1.807, 2.05) is 0 Å². The van der Waals surface area contributed by atoms with Crippen LogP contribution in [-0.4, -0.2) is 43.0 Å². The van der Waals surface area contributed by atoms with Crippen LogP contribution in [0.1, 0.15) is 44.0 Å². The molecule has 5 rings (SSSR count). The Morgan fingerprint density at radius 1 is 1.05 bits per heavy atom. The Morgan fingerprint density at radius 3 is 2.52 bits per heavy atom. The third kappa shape index (κ3) is 5.82. The van der Waals surface area contributed by atoms with Crippen molar-refractivity contribution in [2.75, 3.05) is 5.32 Å². The second-order valence-electron chi connectivity index (χ2n) is 10.1. The first-order valence-corrected chi connectivity index (χ1v) is 13.1. The number of benzene rings is 3. The highest BCUT2D eigenvalue weighted by Gasteiger charge is 2.42. The maximum absolute atomic E-state index is 13.6. The summed E-state index contributed by atoms with van der Waals surface area (Å²) in [5.41, 5.74) is -0.210. The Morgan fingerprint density at radius 2 is 1.79 bits per heavy atom. The molecule has 1 amide bonds. The van der Waals surface area contributed by atoms with Gasteiger partial charge in [0.25, 0.3) is 11.5 Å². The Labute approximate surface area is 237 Å². The number of unbranched alkanes of at least 4 members (excludes halogenated alkanes) is 1. The number of hydrogen-bond donors (Lipinski definition) is 3. The van der Waals surface area contributed by atoms with Gasteiger partial charge in [-0.2, -0.15) is 0 Å². The molecule has 0 aliphatic carbocycles. The molecule has 0 radical (unpaired) electrons. The monoisotopic (exact) mass is 576 g/mol. The van der Waals surface area contributed by atoms with E-state index in [0.717, 1.165) is 18.2 Å². The fraction of sp³-hybridized carbons (Fsp3) is 0.233. The van der Waals surface area contributed by atoms with Crippen LogP contribution in [0.15, 0.2) is 70.6 Å². The average molecular weight is 577 g/mol. The zero-order chi connectivity index (χ0) is 30.0. The molecule has 0 saturated carbocycles. The van der Waals surface area contributed by atoms with E-state index in [4.69, 9.17) is 14.9 Å². The molecule has 10 nitrogen and oxygen atoms in total. The number of aryl methyl sites for hydroxylation is 1. The van der Waals surface area contributed by atoms with Crippen LogP contribution in [-0.2, 0) is 20.8 Å². The van der Waals surface area contributed by atoms with Gasteiger partial charge in [-0.3, -0.25) is 19.0 Å². The van der Waals surface area contributed by atoms with E-state index in [2.05, 4.69) is 10.5 Å². The number of carboxylic acids is 1. The molecule has 1 unspecified atom stereocenters. The molecular weight excluding hydrogens is 550 g/mol. The smallest absolute Gasteiger partial charge is 0.303 e. The first-order valence-electron chi connectivity index (χ1n) is 13.1. The number of phenolic OH excluding ortho intramolecular Hbond substituents is 1. The molecule has 2 heterocycles. The molecule has 1 atom stereocenters. The molecule has 0 spiro atoms. The normalized spacial score (nSPS) is 16.2. The average Bonchev–Trinajstić information content (AvgIpc) is 3.37. The first-order chi connectivity index (χ1) is 20.0. The van der Waals surface area contributed by atoms with E-state index in [-0.39, 0.29) is 29.8 Å². The van der Waals surface area contributed by atoms with Gasteiger partial charge in [0.1, 0.15) is 23.2 Å². The van der Waals surface area contributed by atoms with Gasteiger partial charge >= 0.3 is 5.97 Å². The van der Waals surface area contributed by atoms with Gasteiger partial charge < -0.3 is 20.4 Å². The van der Waals surface area contributed by atoms with Crippen molar-refractivity contribution in [3.8, 4) is 11.4 Å². The summed E-state index contributed by atoms with van der Waals surface area (Å²) >= 11 is 0. The Bertz CT molecular complexity index is 1790. The largest absolute Gasteiger partial charge is 0.506 e. The molecule has 1 aromatic heterocycles. The molecule has 1 aliphatic rings. The van der Waals surface area contributed by atoms with Crippen LogP contribution >= 0.6 is 0 Å². The summed E-state index contributed by atoms with van der Waals surface area (Å²) < 4.78 is 28.6. The molecule has 0 fully saturated rings. The van der Waals surface area contributed by atoms with Crippen molar-refractivity contribution < 1.29 is 33.4 Å². The van der Waals surface area contributed by atoms with Gasteiger partial charge in [-0.25, -0.2) is 13.8 Å². The van der Waals surface area contributed by atoms with Gasteiger partial charge in [-0.05, 0) is 68.3 Å². The van der Waals surface area contributed by atoms with Gasteiger partial charge in [0.05, 0.1) is 28.0 Å². The molecular formula is C30H26F2N4O6. The van der Waals surface area contributed by atoms with Gasteiger partial charge in [0, 0.05) is 30.9 Å². The van der Waals surface area contributed by atoms with Crippen LogP contribution in [0.25, 0.3) is 16.6 Å². The summed E-state index contributed by atoms with van der Waals surface area (Å²) in [6, 6.07) is 13.5. The second kappa shape index (κ2) is 11.4. The minimum Gasteiger partial charge on any atom is -0.506 e. The van der Waals surface area contributed by atoms with Crippen molar-refractivity contribution in [2.45, 2.75) is 44.6 Å². The number of carbonyl (C=O) groups excluding carboxylic acids is 1. The number of carbonyl (C=O) groups is 2. The highest BCUT2D eigenvalue weighted by Crippen LogP contribution is 2.31. The highest BCUT2D eigenvalue weighted by molar-refractivity contribution is 6.09. The lowest BCUT2D eigenvalue weighted by Crippen LogP contribution is -2.40. The van der Waals surface area contributed by atoms with Crippen molar-refractivity contribution in [2.24, 2.45) is 5.16 Å². The van der Waals surface area contributed by atoms with E-state index < -0.39 is 29.1 Å². The number of nitrogens with zero attached hydrogens (tertiary/aromatic N) is 3. The summed E-state index contributed by atoms with van der Waals surface area (Å²) in [6.07, 6.45) is 1.16. The van der Waals surface area contributed by atoms with Gasteiger partial charge in [-0.1, -0.05) is 11.2 Å². The SMILES string of the molecule is CC1(C(=O)Nc2cc(F)ccc2O)CC(c2ccc3c(=O)n(-c4ccc(F)cc4)c(CCCCC(=O)O)nc3c2)=NO1. The summed E-state index contributed by atoms with van der Waals surface area (Å²) in [7, 11) is 0. The molecule has 0 bridgehead atoms. The highest BCUT2D eigenvalue weighted by atomic mass is 19.1. The number of aromatic hydroxyl groups is 1. The predicted molar refractivity (Wildman–Crippen MR) is 150 cm³/mol. The molecule has 1 aliphatic heterocycles. The van der Waals surface area contributed by atoms with Crippen molar-refractivity contribution in [1.29, 1.82) is 0 Å². The van der Waals surface area contributed by atoms with Crippen molar-refractivity contribution in [3.63, 3.8) is 0 Å². The number of fused-ring (bicyclic) bond motifs is 1. The molecule has 42 heavy (non-hydrogen) atoms. The second-order valence-corrected chi connectivity index (χ2v) is 10.1. The van der Waals surface area contributed by atoms with E-state index >= 15 is 0 Å². The predicted octanol–water partition coefficient (Wildman–Crippen LogP) is 4.69. The Kier molecular flexibility index (Phi) is 7.70. The third-order valence-corrected chi connectivity index (χ3v) is 6.95. The number of halogens is 2. The van der Waals surface area contributed by atoms with E-state index in [1.165, 1.54) is 35.8 Å². The molecule has 0 saturated heterocycles. The zero-order valence-corrected chi connectivity index (χ0v) is 22.4. The Balaban J connectivity index is 1.44. The molecule has 3 N–H and O–H groups in total. The molecule has 216 valence electrons. The third-order valence-electron chi connectivity index (χ3n) is 6.95. The summed E-state index contributed by atoms with van der Waals surface area (Å²) in [5, 5.41) is 25.8. The van der Waals surface area contributed by atoms with Crippen molar-refractivity contribution in [1.82, 2.24) is 9.55 Å². The van der Waals surface area contributed by atoms with Crippen molar-refractivity contribution >= 4 is 34.2 Å². The lowest BCUT2D eigenvalue weighted by molar-refractivity contribution is -0.137. The van der Waals surface area contributed by atoms with Crippen LogP contribution in [0.3, 0.4) is 0 Å². The quantitative estimate of drug-likeness (QED) is 0.194.